The van der Waals surface area contributed by atoms with Gasteiger partial charge in [-0.2, -0.15) is 5.26 Å². The third-order valence-electron chi connectivity index (χ3n) is 4.78. The van der Waals surface area contributed by atoms with Crippen molar-refractivity contribution < 1.29 is 9.18 Å². The van der Waals surface area contributed by atoms with Gasteiger partial charge in [0.25, 0.3) is 0 Å². The van der Waals surface area contributed by atoms with E-state index in [1.807, 2.05) is 17.0 Å². The third kappa shape index (κ3) is 4.79. The molecule has 1 aromatic carbocycles. The number of nitrogens with zero attached hydrogens (tertiary/aromatic N) is 4. The lowest BCUT2D eigenvalue weighted by Crippen LogP contribution is -2.44. The third-order valence-corrected chi connectivity index (χ3v) is 4.78. The molecule has 0 spiro atoms. The van der Waals surface area contributed by atoms with Crippen LogP contribution in [0.4, 0.5) is 10.3 Å². The molecule has 2 heterocycles. The maximum Gasteiger partial charge on any atom is 0.225 e. The average molecular weight is 367 g/mol. The van der Waals surface area contributed by atoms with Crippen LogP contribution in [-0.4, -0.2) is 35.5 Å². The van der Waals surface area contributed by atoms with E-state index in [9.17, 15) is 9.18 Å². The van der Waals surface area contributed by atoms with Crippen LogP contribution in [0, 0.1) is 30.0 Å². The first-order valence-electron chi connectivity index (χ1n) is 9.07. The number of halogens is 1. The second-order valence-corrected chi connectivity index (χ2v) is 6.74. The van der Waals surface area contributed by atoms with Gasteiger partial charge < -0.3 is 10.2 Å². The Balaban J connectivity index is 1.51. The Morgan fingerprint density at radius 2 is 2.19 bits per heavy atom. The van der Waals surface area contributed by atoms with Crippen molar-refractivity contribution in [3.63, 3.8) is 0 Å². The van der Waals surface area contributed by atoms with Gasteiger partial charge in [-0.05, 0) is 43.9 Å². The zero-order chi connectivity index (χ0) is 19.2. The summed E-state index contributed by atoms with van der Waals surface area (Å²) in [6.07, 6.45) is 3.58. The molecule has 1 N–H and O–H groups in total. The number of aromatic nitrogens is 2. The normalized spacial score (nSPS) is 16.6. The fraction of sp³-hybridized carbons (Fsp3) is 0.400. The summed E-state index contributed by atoms with van der Waals surface area (Å²) in [7, 11) is 0. The number of hydrogen-bond donors (Lipinski definition) is 1. The number of nitrogens with one attached hydrogen (secondary N) is 1. The fourth-order valence-corrected chi connectivity index (χ4v) is 3.19. The largest absolute Gasteiger partial charge is 0.355 e. The molecule has 1 aromatic heterocycles. The van der Waals surface area contributed by atoms with Crippen LogP contribution in [0.5, 0.6) is 0 Å². The predicted octanol–water partition coefficient (Wildman–Crippen LogP) is 2.37. The SMILES string of the molecule is Cc1nc(N2CCC[C@@H](C(=O)NCCc3ccc(C#N)cc3)C2)ncc1F. The predicted molar refractivity (Wildman–Crippen MR) is 99.5 cm³/mol. The van der Waals surface area contributed by atoms with Crippen molar-refractivity contribution in [1.29, 1.82) is 5.26 Å². The van der Waals surface area contributed by atoms with Gasteiger partial charge in [0, 0.05) is 19.6 Å². The zero-order valence-corrected chi connectivity index (χ0v) is 15.3. The molecule has 1 atom stereocenters. The Hall–Kier alpha value is -3.01. The summed E-state index contributed by atoms with van der Waals surface area (Å²) < 4.78 is 13.4. The number of nitriles is 1. The van der Waals surface area contributed by atoms with E-state index in [-0.39, 0.29) is 11.8 Å². The number of aryl methyl sites for hydroxylation is 1. The van der Waals surface area contributed by atoms with Crippen LogP contribution >= 0.6 is 0 Å². The summed E-state index contributed by atoms with van der Waals surface area (Å²) in [5.41, 5.74) is 2.02. The molecule has 2 aromatic rings. The number of piperidine rings is 1. The summed E-state index contributed by atoms with van der Waals surface area (Å²) >= 11 is 0. The minimum Gasteiger partial charge on any atom is -0.355 e. The van der Waals surface area contributed by atoms with Gasteiger partial charge in [0.2, 0.25) is 11.9 Å². The van der Waals surface area contributed by atoms with Gasteiger partial charge in [0.15, 0.2) is 5.82 Å². The zero-order valence-electron chi connectivity index (χ0n) is 15.3. The van der Waals surface area contributed by atoms with E-state index < -0.39 is 5.82 Å². The highest BCUT2D eigenvalue weighted by Crippen LogP contribution is 2.21. The number of benzene rings is 1. The lowest BCUT2D eigenvalue weighted by Gasteiger charge is -2.32. The maximum absolute atomic E-state index is 13.4. The summed E-state index contributed by atoms with van der Waals surface area (Å²) in [5, 5.41) is 11.8. The van der Waals surface area contributed by atoms with Gasteiger partial charge in [-0.1, -0.05) is 12.1 Å². The van der Waals surface area contributed by atoms with Gasteiger partial charge in [-0.15, -0.1) is 0 Å². The average Bonchev–Trinajstić information content (AvgIpc) is 2.70. The molecule has 6 nitrogen and oxygen atoms in total. The first-order chi connectivity index (χ1) is 13.1. The summed E-state index contributed by atoms with van der Waals surface area (Å²) in [4.78, 5) is 22.7. The van der Waals surface area contributed by atoms with Gasteiger partial charge in [0.05, 0.1) is 29.4 Å². The molecule has 0 unspecified atom stereocenters. The molecule has 3 rings (SSSR count). The van der Waals surface area contributed by atoms with Gasteiger partial charge in [-0.3, -0.25) is 4.79 Å². The van der Waals surface area contributed by atoms with Crippen LogP contribution in [0.3, 0.4) is 0 Å². The lowest BCUT2D eigenvalue weighted by atomic mass is 9.97. The van der Waals surface area contributed by atoms with Crippen LogP contribution in [0.15, 0.2) is 30.5 Å². The smallest absolute Gasteiger partial charge is 0.225 e. The molecule has 1 saturated heterocycles. The number of rotatable bonds is 5. The van der Waals surface area contributed by atoms with Crippen molar-refractivity contribution in [2.75, 3.05) is 24.5 Å². The van der Waals surface area contributed by atoms with E-state index in [0.29, 0.717) is 36.7 Å². The first-order valence-corrected chi connectivity index (χ1v) is 9.07. The Bertz CT molecular complexity index is 846. The monoisotopic (exact) mass is 367 g/mol. The number of anilines is 1. The fourth-order valence-electron chi connectivity index (χ4n) is 3.19. The molecular formula is C20H22FN5O. The Morgan fingerprint density at radius 3 is 2.89 bits per heavy atom. The molecule has 1 aliphatic heterocycles. The van der Waals surface area contributed by atoms with Crippen LogP contribution in [0.1, 0.15) is 29.7 Å². The van der Waals surface area contributed by atoms with Crippen molar-refractivity contribution in [3.05, 3.63) is 53.1 Å². The molecular weight excluding hydrogens is 345 g/mol. The second-order valence-electron chi connectivity index (χ2n) is 6.74. The number of hydrogen-bond acceptors (Lipinski definition) is 5. The molecule has 0 radical (unpaired) electrons. The van der Waals surface area contributed by atoms with E-state index in [0.717, 1.165) is 24.9 Å². The molecule has 0 bridgehead atoms. The van der Waals surface area contributed by atoms with Crippen molar-refractivity contribution in [1.82, 2.24) is 15.3 Å². The topological polar surface area (TPSA) is 81.9 Å². The molecule has 1 aliphatic rings. The van der Waals surface area contributed by atoms with Gasteiger partial charge >= 0.3 is 0 Å². The van der Waals surface area contributed by atoms with Crippen molar-refractivity contribution >= 4 is 11.9 Å². The van der Waals surface area contributed by atoms with E-state index in [2.05, 4.69) is 21.4 Å². The van der Waals surface area contributed by atoms with Crippen LogP contribution in [0.2, 0.25) is 0 Å². The molecule has 7 heteroatoms. The molecule has 27 heavy (non-hydrogen) atoms. The molecule has 1 amide bonds. The number of carbonyl (C=O) groups excluding carboxylic acids is 1. The van der Waals surface area contributed by atoms with E-state index in [1.54, 1.807) is 19.1 Å². The Morgan fingerprint density at radius 1 is 1.41 bits per heavy atom. The van der Waals surface area contributed by atoms with Crippen molar-refractivity contribution in [2.45, 2.75) is 26.2 Å². The van der Waals surface area contributed by atoms with E-state index in [1.165, 1.54) is 6.20 Å². The highest BCUT2D eigenvalue weighted by atomic mass is 19.1. The van der Waals surface area contributed by atoms with E-state index in [4.69, 9.17) is 5.26 Å². The van der Waals surface area contributed by atoms with Crippen LogP contribution < -0.4 is 10.2 Å². The number of carbonyl (C=O) groups is 1. The lowest BCUT2D eigenvalue weighted by molar-refractivity contribution is -0.125. The van der Waals surface area contributed by atoms with Gasteiger partial charge in [0.1, 0.15) is 0 Å². The van der Waals surface area contributed by atoms with Crippen LogP contribution in [0.25, 0.3) is 0 Å². The highest BCUT2D eigenvalue weighted by Gasteiger charge is 2.27. The number of amides is 1. The molecule has 0 saturated carbocycles. The Kier molecular flexibility index (Phi) is 5.97. The van der Waals surface area contributed by atoms with E-state index >= 15 is 0 Å². The Labute approximate surface area is 158 Å². The standard InChI is InChI=1S/C20H22FN5O/c1-14-18(21)12-24-20(25-14)26-10-2-3-17(13-26)19(27)23-9-8-15-4-6-16(11-22)7-5-15/h4-7,12,17H,2-3,8-10,13H2,1H3,(H,23,27)/t17-/m1/s1. The molecule has 140 valence electrons. The van der Waals surface area contributed by atoms with Crippen molar-refractivity contribution in [3.8, 4) is 6.07 Å². The first kappa shape index (κ1) is 18.8. The maximum atomic E-state index is 13.4. The highest BCUT2D eigenvalue weighted by molar-refractivity contribution is 5.79. The van der Waals surface area contributed by atoms with Crippen molar-refractivity contribution in [2.24, 2.45) is 5.92 Å². The second kappa shape index (κ2) is 8.58. The quantitative estimate of drug-likeness (QED) is 0.877. The molecule has 0 aliphatic carbocycles. The van der Waals surface area contributed by atoms with Crippen LogP contribution in [-0.2, 0) is 11.2 Å². The minimum atomic E-state index is -0.423. The van der Waals surface area contributed by atoms with Gasteiger partial charge in [-0.25, -0.2) is 14.4 Å². The summed E-state index contributed by atoms with van der Waals surface area (Å²) in [5.74, 6) is -0.0577. The molecule has 1 fully saturated rings. The summed E-state index contributed by atoms with van der Waals surface area (Å²) in [6.45, 7) is 3.46. The minimum absolute atomic E-state index is 0.0205. The summed E-state index contributed by atoms with van der Waals surface area (Å²) in [6, 6.07) is 9.46.